The van der Waals surface area contributed by atoms with Crippen molar-refractivity contribution in [2.45, 2.75) is 6.92 Å². The molecule has 2 amide bonds. The topological polar surface area (TPSA) is 49.9 Å². The number of hydrogen-bond donors (Lipinski definition) is 0. The highest BCUT2D eigenvalue weighted by Crippen LogP contribution is 2.23. The molecule has 0 unspecified atom stereocenters. The van der Waals surface area contributed by atoms with E-state index in [2.05, 4.69) is 15.9 Å². The molecule has 1 heterocycles. The lowest BCUT2D eigenvalue weighted by Crippen LogP contribution is -2.51. The molecule has 0 bridgehead atoms. The van der Waals surface area contributed by atoms with Crippen molar-refractivity contribution in [2.24, 2.45) is 0 Å². The molecule has 0 aromatic heterocycles. The fraction of sp³-hybridized carbons (Fsp3) is 0.429. The largest absolute Gasteiger partial charge is 0.483 e. The molecule has 2 rings (SSSR count). The van der Waals surface area contributed by atoms with Gasteiger partial charge in [-0.15, -0.1) is 0 Å². The van der Waals surface area contributed by atoms with Crippen LogP contribution in [0.2, 0.25) is 0 Å². The van der Waals surface area contributed by atoms with Gasteiger partial charge in [-0.2, -0.15) is 0 Å². The van der Waals surface area contributed by atoms with Crippen molar-refractivity contribution in [1.29, 1.82) is 0 Å². The van der Waals surface area contributed by atoms with Gasteiger partial charge in [-0.1, -0.05) is 12.1 Å². The molecule has 0 atom stereocenters. The van der Waals surface area contributed by atoms with E-state index in [1.165, 1.54) is 0 Å². The molecule has 0 aliphatic carbocycles. The van der Waals surface area contributed by atoms with Gasteiger partial charge in [-0.25, -0.2) is 0 Å². The monoisotopic (exact) mass is 340 g/mol. The second-order valence-electron chi connectivity index (χ2n) is 4.61. The molecule has 0 spiro atoms. The maximum Gasteiger partial charge on any atom is 0.260 e. The van der Waals surface area contributed by atoms with Crippen molar-refractivity contribution in [1.82, 2.24) is 9.80 Å². The summed E-state index contributed by atoms with van der Waals surface area (Å²) in [6, 6.07) is 7.42. The van der Waals surface area contributed by atoms with Crippen molar-refractivity contribution in [2.75, 3.05) is 32.8 Å². The lowest BCUT2D eigenvalue weighted by molar-refractivity contribution is -0.139. The molecule has 1 aliphatic heterocycles. The van der Waals surface area contributed by atoms with Crippen LogP contribution < -0.4 is 4.74 Å². The Morgan fingerprint density at radius 3 is 2.35 bits per heavy atom. The number of para-hydroxylation sites is 1. The Morgan fingerprint density at radius 1 is 1.15 bits per heavy atom. The van der Waals surface area contributed by atoms with E-state index >= 15 is 0 Å². The molecule has 1 saturated heterocycles. The average Bonchev–Trinajstić information content (AvgIpc) is 2.46. The summed E-state index contributed by atoms with van der Waals surface area (Å²) < 4.78 is 6.34. The molecule has 5 nitrogen and oxygen atoms in total. The highest BCUT2D eigenvalue weighted by atomic mass is 79.9. The highest BCUT2D eigenvalue weighted by molar-refractivity contribution is 9.10. The minimum atomic E-state index is -0.0519. The Kier molecular flexibility index (Phi) is 5.00. The van der Waals surface area contributed by atoms with E-state index < -0.39 is 0 Å². The fourth-order valence-corrected chi connectivity index (χ4v) is 2.46. The van der Waals surface area contributed by atoms with Crippen molar-refractivity contribution < 1.29 is 14.3 Å². The Labute approximate surface area is 126 Å². The van der Waals surface area contributed by atoms with Crippen LogP contribution in [0.4, 0.5) is 0 Å². The second kappa shape index (κ2) is 6.74. The first kappa shape index (κ1) is 14.8. The Bertz CT molecular complexity index is 499. The van der Waals surface area contributed by atoms with Gasteiger partial charge in [0.1, 0.15) is 5.75 Å². The summed E-state index contributed by atoms with van der Waals surface area (Å²) in [6.45, 7) is 3.89. The zero-order chi connectivity index (χ0) is 14.5. The third-order valence-electron chi connectivity index (χ3n) is 3.27. The lowest BCUT2D eigenvalue weighted by Gasteiger charge is -2.34. The average molecular weight is 341 g/mol. The smallest absolute Gasteiger partial charge is 0.260 e. The highest BCUT2D eigenvalue weighted by Gasteiger charge is 2.22. The third kappa shape index (κ3) is 3.72. The van der Waals surface area contributed by atoms with E-state index in [0.29, 0.717) is 31.9 Å². The molecule has 1 fully saturated rings. The number of rotatable bonds is 3. The van der Waals surface area contributed by atoms with Crippen molar-refractivity contribution in [3.8, 4) is 5.75 Å². The number of carbonyl (C=O) groups excluding carboxylic acids is 2. The lowest BCUT2D eigenvalue weighted by atomic mass is 10.3. The summed E-state index contributed by atoms with van der Waals surface area (Å²) in [4.78, 5) is 26.7. The molecular weight excluding hydrogens is 324 g/mol. The van der Waals surface area contributed by atoms with Gasteiger partial charge >= 0.3 is 0 Å². The molecule has 1 aromatic carbocycles. The zero-order valence-electron chi connectivity index (χ0n) is 11.3. The first-order valence-electron chi connectivity index (χ1n) is 6.48. The van der Waals surface area contributed by atoms with Crippen LogP contribution in [0.1, 0.15) is 6.92 Å². The maximum atomic E-state index is 12.0. The normalized spacial score (nSPS) is 15.1. The van der Waals surface area contributed by atoms with E-state index in [9.17, 15) is 9.59 Å². The predicted molar refractivity (Wildman–Crippen MR) is 78.5 cm³/mol. The van der Waals surface area contributed by atoms with Gasteiger partial charge in [-0.3, -0.25) is 9.59 Å². The standard InChI is InChI=1S/C14H17BrN2O3/c1-11(18)16-6-8-17(9-7-16)14(19)10-20-13-5-3-2-4-12(13)15/h2-5H,6-10H2,1H3. The molecule has 20 heavy (non-hydrogen) atoms. The zero-order valence-corrected chi connectivity index (χ0v) is 12.9. The molecule has 0 saturated carbocycles. The number of ether oxygens (including phenoxy) is 1. The number of amides is 2. The van der Waals surface area contributed by atoms with Crippen LogP contribution in [0.15, 0.2) is 28.7 Å². The number of halogens is 1. The van der Waals surface area contributed by atoms with Gasteiger partial charge in [0.25, 0.3) is 5.91 Å². The second-order valence-corrected chi connectivity index (χ2v) is 5.46. The molecule has 6 heteroatoms. The molecule has 1 aromatic rings. The Morgan fingerprint density at radius 2 is 1.75 bits per heavy atom. The summed E-state index contributed by atoms with van der Waals surface area (Å²) in [5, 5.41) is 0. The number of hydrogen-bond acceptors (Lipinski definition) is 3. The van der Waals surface area contributed by atoms with Crippen molar-refractivity contribution >= 4 is 27.7 Å². The van der Waals surface area contributed by atoms with E-state index in [1.807, 2.05) is 24.3 Å². The number of carbonyl (C=O) groups is 2. The quantitative estimate of drug-likeness (QED) is 0.838. The van der Waals surface area contributed by atoms with Crippen LogP contribution in [-0.4, -0.2) is 54.4 Å². The summed E-state index contributed by atoms with van der Waals surface area (Å²) in [5.74, 6) is 0.661. The summed E-state index contributed by atoms with van der Waals surface area (Å²) >= 11 is 3.37. The van der Waals surface area contributed by atoms with Crippen LogP contribution in [0.3, 0.4) is 0 Å². The van der Waals surface area contributed by atoms with E-state index in [1.54, 1.807) is 16.7 Å². The van der Waals surface area contributed by atoms with Crippen LogP contribution >= 0.6 is 15.9 Å². The Balaban J connectivity index is 1.82. The van der Waals surface area contributed by atoms with Gasteiger partial charge < -0.3 is 14.5 Å². The van der Waals surface area contributed by atoms with E-state index in [4.69, 9.17) is 4.74 Å². The van der Waals surface area contributed by atoms with Crippen LogP contribution in [0, 0.1) is 0 Å². The van der Waals surface area contributed by atoms with Crippen LogP contribution in [0.25, 0.3) is 0 Å². The maximum absolute atomic E-state index is 12.0. The van der Waals surface area contributed by atoms with Gasteiger partial charge in [0, 0.05) is 33.1 Å². The van der Waals surface area contributed by atoms with Crippen molar-refractivity contribution in [3.05, 3.63) is 28.7 Å². The summed E-state index contributed by atoms with van der Waals surface area (Å²) in [5.41, 5.74) is 0. The van der Waals surface area contributed by atoms with E-state index in [-0.39, 0.29) is 18.4 Å². The SMILES string of the molecule is CC(=O)N1CCN(C(=O)COc2ccccc2Br)CC1. The molecular formula is C14H17BrN2O3. The third-order valence-corrected chi connectivity index (χ3v) is 3.92. The summed E-state index contributed by atoms with van der Waals surface area (Å²) in [6.07, 6.45) is 0. The van der Waals surface area contributed by atoms with Crippen LogP contribution in [-0.2, 0) is 9.59 Å². The molecule has 108 valence electrons. The first-order valence-corrected chi connectivity index (χ1v) is 7.28. The Hall–Kier alpha value is -1.56. The minimum absolute atomic E-state index is 0.0166. The predicted octanol–water partition coefficient (Wildman–Crippen LogP) is 1.52. The number of nitrogens with zero attached hydrogens (tertiary/aromatic N) is 2. The van der Waals surface area contributed by atoms with Gasteiger partial charge in [0.15, 0.2) is 6.61 Å². The van der Waals surface area contributed by atoms with Crippen LogP contribution in [0.5, 0.6) is 5.75 Å². The summed E-state index contributed by atoms with van der Waals surface area (Å²) in [7, 11) is 0. The van der Waals surface area contributed by atoms with Crippen molar-refractivity contribution in [3.63, 3.8) is 0 Å². The molecule has 0 radical (unpaired) electrons. The van der Waals surface area contributed by atoms with Gasteiger partial charge in [0.2, 0.25) is 5.91 Å². The first-order chi connectivity index (χ1) is 9.58. The molecule has 0 N–H and O–H groups in total. The van der Waals surface area contributed by atoms with Gasteiger partial charge in [-0.05, 0) is 28.1 Å². The fourth-order valence-electron chi connectivity index (χ4n) is 2.06. The van der Waals surface area contributed by atoms with E-state index in [0.717, 1.165) is 4.47 Å². The minimum Gasteiger partial charge on any atom is -0.483 e. The number of piperazine rings is 1. The number of benzene rings is 1. The molecule has 1 aliphatic rings. The van der Waals surface area contributed by atoms with Gasteiger partial charge in [0.05, 0.1) is 4.47 Å².